The molecule has 35 heavy (non-hydrogen) atoms. The summed E-state index contributed by atoms with van der Waals surface area (Å²) >= 11 is 0. The summed E-state index contributed by atoms with van der Waals surface area (Å²) in [6.07, 6.45) is 3.40. The molecular formula is C24H9Na2O8P. The molecule has 0 radical (unpaired) electrons. The summed E-state index contributed by atoms with van der Waals surface area (Å²) in [5, 5.41) is 0. The van der Waals surface area contributed by atoms with E-state index in [-0.39, 0.29) is 59.1 Å². The van der Waals surface area contributed by atoms with Gasteiger partial charge in [-0.15, -0.1) is 6.42 Å². The minimum Gasteiger partial charge on any atom is -0.790 e. The number of rotatable bonds is 6. The smallest absolute Gasteiger partial charge is 0.790 e. The minimum atomic E-state index is -5.38. The van der Waals surface area contributed by atoms with Crippen LogP contribution >= 0.6 is 7.82 Å². The van der Waals surface area contributed by atoms with Gasteiger partial charge in [-0.2, -0.15) is 0 Å². The largest absolute Gasteiger partial charge is 1.00 e. The molecule has 0 bridgehead atoms. The van der Waals surface area contributed by atoms with E-state index in [1.165, 1.54) is 0 Å². The third kappa shape index (κ3) is 27.2. The first-order valence-electron chi connectivity index (χ1n) is 8.22. The van der Waals surface area contributed by atoms with Crippen molar-refractivity contribution in [1.29, 1.82) is 0 Å². The average molecular weight is 502 g/mol. The van der Waals surface area contributed by atoms with Gasteiger partial charge in [0.1, 0.15) is 6.61 Å². The summed E-state index contributed by atoms with van der Waals surface area (Å²) in [5.74, 6) is 35.9. The Morgan fingerprint density at radius 2 is 1.23 bits per heavy atom. The monoisotopic (exact) mass is 502 g/mol. The van der Waals surface area contributed by atoms with Crippen LogP contribution in [0.25, 0.3) is 0 Å². The van der Waals surface area contributed by atoms with Crippen LogP contribution in [0.2, 0.25) is 0 Å². The van der Waals surface area contributed by atoms with E-state index in [0.29, 0.717) is 0 Å². The van der Waals surface area contributed by atoms with E-state index in [0.717, 1.165) is 0 Å². The van der Waals surface area contributed by atoms with Crippen LogP contribution in [-0.2, 0) is 28.2 Å². The molecule has 0 saturated heterocycles. The van der Waals surface area contributed by atoms with Crippen LogP contribution in [0.5, 0.6) is 0 Å². The Morgan fingerprint density at radius 1 is 0.771 bits per heavy atom. The molecule has 0 aliphatic carbocycles. The molecule has 0 amide bonds. The van der Waals surface area contributed by atoms with Gasteiger partial charge in [0.05, 0.1) is 14.4 Å². The van der Waals surface area contributed by atoms with Crippen molar-refractivity contribution in [3.63, 3.8) is 0 Å². The zero-order valence-electron chi connectivity index (χ0n) is 18.8. The number of carbonyl (C=O) groups is 2. The molecular weight excluding hydrogens is 493 g/mol. The number of phosphoric acid groups is 1. The predicted molar refractivity (Wildman–Crippen MR) is 111 cm³/mol. The molecule has 0 saturated carbocycles. The number of hydrogen-bond donors (Lipinski definition) is 0. The summed E-state index contributed by atoms with van der Waals surface area (Å²) in [6, 6.07) is 0. The molecule has 0 spiro atoms. The second-order valence-corrected chi connectivity index (χ2v) is 5.79. The zero-order chi connectivity index (χ0) is 24.8. The van der Waals surface area contributed by atoms with Gasteiger partial charge in [-0.05, 0) is 89.8 Å². The fourth-order valence-electron chi connectivity index (χ4n) is 1.22. The maximum Gasteiger partial charge on any atom is 1.00 e. The number of esters is 2. The van der Waals surface area contributed by atoms with Crippen LogP contribution < -0.4 is 68.9 Å². The van der Waals surface area contributed by atoms with Crippen molar-refractivity contribution in [2.45, 2.75) is 13.0 Å². The van der Waals surface area contributed by atoms with Crippen molar-refractivity contribution in [3.8, 4) is 107 Å². The number of phosphoric ester groups is 1. The van der Waals surface area contributed by atoms with Gasteiger partial charge < -0.3 is 28.3 Å². The number of terminal acetylenes is 1. The minimum absolute atomic E-state index is 0. The van der Waals surface area contributed by atoms with Crippen LogP contribution in [0, 0.1) is 107 Å². The van der Waals surface area contributed by atoms with Crippen molar-refractivity contribution in [1.82, 2.24) is 0 Å². The Kier molecular flexibility index (Phi) is 25.4. The molecule has 0 aliphatic heterocycles. The number of ether oxygens (including phenoxy) is 2. The van der Waals surface area contributed by atoms with E-state index in [9.17, 15) is 23.9 Å². The van der Waals surface area contributed by atoms with Crippen LogP contribution in [0.15, 0.2) is 0 Å². The van der Waals surface area contributed by atoms with Gasteiger partial charge in [0.2, 0.25) is 0 Å². The van der Waals surface area contributed by atoms with Crippen molar-refractivity contribution in [3.05, 3.63) is 0 Å². The first-order valence-corrected chi connectivity index (χ1v) is 9.68. The quantitative estimate of drug-likeness (QED) is 0.115. The van der Waals surface area contributed by atoms with Crippen molar-refractivity contribution in [2.24, 2.45) is 0 Å². The molecule has 1 atom stereocenters. The first kappa shape index (κ1) is 36.7. The first-order chi connectivity index (χ1) is 15.8. The third-order valence-electron chi connectivity index (χ3n) is 2.31. The maximum absolute atomic E-state index is 11.6. The molecule has 0 unspecified atom stereocenters. The number of carbonyl (C=O) groups excluding carboxylic acids is 2. The van der Waals surface area contributed by atoms with Gasteiger partial charge in [0.25, 0.3) is 0 Å². The molecule has 0 aromatic heterocycles. The van der Waals surface area contributed by atoms with E-state index in [2.05, 4.69) is 87.4 Å². The fourth-order valence-corrected chi connectivity index (χ4v) is 1.57. The van der Waals surface area contributed by atoms with Gasteiger partial charge in [-0.1, -0.05) is 5.92 Å². The molecule has 0 fully saturated rings. The van der Waals surface area contributed by atoms with Crippen LogP contribution in [-0.4, -0.2) is 31.3 Å². The van der Waals surface area contributed by atoms with E-state index in [1.54, 1.807) is 6.92 Å². The van der Waals surface area contributed by atoms with Gasteiger partial charge >= 0.3 is 71.1 Å². The van der Waals surface area contributed by atoms with Crippen LogP contribution in [0.3, 0.4) is 0 Å². The Hall–Kier alpha value is -2.91. The topological polar surface area (TPSA) is 125 Å². The molecule has 0 aromatic carbocycles. The summed E-state index contributed by atoms with van der Waals surface area (Å²) in [4.78, 5) is 44.5. The average Bonchev–Trinajstić information content (AvgIpc) is 2.76. The molecule has 0 N–H and O–H groups in total. The number of hydrogen-bond acceptors (Lipinski definition) is 8. The van der Waals surface area contributed by atoms with Crippen molar-refractivity contribution >= 4 is 19.8 Å². The molecule has 8 nitrogen and oxygen atoms in total. The Bertz CT molecular complexity index is 1360. The van der Waals surface area contributed by atoms with Crippen molar-refractivity contribution in [2.75, 3.05) is 13.2 Å². The molecule has 0 heterocycles. The molecule has 0 aliphatic rings. The van der Waals surface area contributed by atoms with E-state index in [4.69, 9.17) is 15.9 Å². The van der Waals surface area contributed by atoms with Gasteiger partial charge in [-0.25, -0.2) is 9.59 Å². The van der Waals surface area contributed by atoms with Crippen molar-refractivity contribution < 1.29 is 97.1 Å². The zero-order valence-corrected chi connectivity index (χ0v) is 23.7. The molecule has 0 rings (SSSR count). The second kappa shape index (κ2) is 24.2. The molecule has 11 heteroatoms. The van der Waals surface area contributed by atoms with Crippen LogP contribution in [0.1, 0.15) is 6.92 Å². The normalized spacial score (nSPS) is 7.83. The van der Waals surface area contributed by atoms with Gasteiger partial charge in [0, 0.05) is 11.8 Å². The molecule has 0 aromatic rings. The fraction of sp³-hybridized carbons (Fsp3) is 0.167. The van der Waals surface area contributed by atoms with E-state index >= 15 is 0 Å². The predicted octanol–water partition coefficient (Wildman–Crippen LogP) is -8.03. The Labute approximate surface area is 248 Å². The second-order valence-electron chi connectivity index (χ2n) is 4.64. The van der Waals surface area contributed by atoms with E-state index < -0.39 is 39.1 Å². The Morgan fingerprint density at radius 3 is 1.71 bits per heavy atom. The summed E-state index contributed by atoms with van der Waals surface area (Å²) in [5.41, 5.74) is 0. The maximum atomic E-state index is 11.6. The Balaban J connectivity index is -0.00000512. The van der Waals surface area contributed by atoms with Crippen LogP contribution in [0.4, 0.5) is 0 Å². The summed E-state index contributed by atoms with van der Waals surface area (Å²) in [6.45, 7) is 0.00477. The standard InChI is InChI=1S/C24H11O8P.2Na/c1-3-5-7-9-11-12-13-15-16-18-23(25)30-20-22(21-31-33(27,28)29)32-24(26)19-17-14-10-8-6-4-2;;/h2,22H,20-21H2,1H3,(H2,27,28,29);;/q;2*+1/p-2/t22-;;/m0../s1. The van der Waals surface area contributed by atoms with Gasteiger partial charge in [-0.3, -0.25) is 0 Å². The van der Waals surface area contributed by atoms with E-state index in [1.807, 2.05) is 17.8 Å². The molecule has 160 valence electrons. The third-order valence-corrected chi connectivity index (χ3v) is 2.77. The van der Waals surface area contributed by atoms with Gasteiger partial charge in [0.15, 0.2) is 6.10 Å². The SMILES string of the molecule is C#CC#CC#CC#CC(=O)O[C@@H](COC(=O)C#CC#CC#CC#CC#CC)COP(=O)([O-])[O-].[Na+].[Na+]. The summed E-state index contributed by atoms with van der Waals surface area (Å²) in [7, 11) is -5.38. The summed E-state index contributed by atoms with van der Waals surface area (Å²) < 4.78 is 24.1.